The number of methoxy groups -OCH3 is 1. The number of rotatable bonds is 1. The molecule has 1 fully saturated rings. The third-order valence-corrected chi connectivity index (χ3v) is 5.65. The van der Waals surface area contributed by atoms with E-state index in [-0.39, 0.29) is 17.9 Å². The first-order valence-corrected chi connectivity index (χ1v) is 8.30. The summed E-state index contributed by atoms with van der Waals surface area (Å²) >= 11 is 0. The van der Waals surface area contributed by atoms with Crippen molar-refractivity contribution in [3.63, 3.8) is 0 Å². The highest BCUT2D eigenvalue weighted by Crippen LogP contribution is 2.47. The molecule has 118 valence electrons. The topological polar surface area (TPSA) is 42.7 Å². The Morgan fingerprint density at radius 1 is 1.35 bits per heavy atom. The molecule has 4 bridgehead atoms. The summed E-state index contributed by atoms with van der Waals surface area (Å²) in [6.45, 7) is 2.02. The molecule has 4 atom stereocenters. The van der Waals surface area contributed by atoms with Gasteiger partial charge in [0.15, 0.2) is 0 Å². The van der Waals surface area contributed by atoms with Crippen LogP contribution in [0.1, 0.15) is 17.7 Å². The van der Waals surface area contributed by atoms with Gasteiger partial charge in [0.25, 0.3) is 0 Å². The van der Waals surface area contributed by atoms with Gasteiger partial charge >= 0.3 is 5.97 Å². The second-order valence-corrected chi connectivity index (χ2v) is 6.84. The lowest BCUT2D eigenvalue weighted by atomic mass is 9.73. The van der Waals surface area contributed by atoms with E-state index in [4.69, 9.17) is 9.15 Å². The number of nitrogens with zero attached hydrogens (tertiary/aromatic N) is 1. The van der Waals surface area contributed by atoms with Crippen LogP contribution in [0.25, 0.3) is 16.5 Å². The zero-order valence-electron chi connectivity index (χ0n) is 13.1. The van der Waals surface area contributed by atoms with Crippen LogP contribution in [0.5, 0.6) is 0 Å². The van der Waals surface area contributed by atoms with Crippen molar-refractivity contribution in [1.82, 2.24) is 4.90 Å². The number of hydrogen-bond acceptors (Lipinski definition) is 4. The minimum atomic E-state index is -0.0881. The maximum atomic E-state index is 12.3. The predicted molar refractivity (Wildman–Crippen MR) is 86.9 cm³/mol. The number of fused-ring (bicyclic) bond motifs is 4. The number of furan rings is 1. The zero-order valence-corrected chi connectivity index (χ0v) is 13.1. The number of carbonyl (C=O) groups is 1. The largest absolute Gasteiger partial charge is 0.469 e. The van der Waals surface area contributed by atoms with Crippen LogP contribution in [0.2, 0.25) is 0 Å². The Morgan fingerprint density at radius 3 is 3.09 bits per heavy atom. The molecule has 1 aromatic carbocycles. The highest BCUT2D eigenvalue weighted by molar-refractivity contribution is 5.90. The normalized spacial score (nSPS) is 31.4. The Morgan fingerprint density at radius 2 is 2.22 bits per heavy atom. The molecular formula is C19H19NO3. The first-order valence-electron chi connectivity index (χ1n) is 8.30. The van der Waals surface area contributed by atoms with Crippen LogP contribution in [-0.2, 0) is 16.0 Å². The van der Waals surface area contributed by atoms with Crippen LogP contribution in [0.4, 0.5) is 0 Å². The van der Waals surface area contributed by atoms with Gasteiger partial charge in [0, 0.05) is 29.6 Å². The van der Waals surface area contributed by atoms with Crippen LogP contribution in [0.15, 0.2) is 34.8 Å². The Balaban J connectivity index is 1.70. The van der Waals surface area contributed by atoms with Crippen molar-refractivity contribution in [2.24, 2.45) is 11.8 Å². The summed E-state index contributed by atoms with van der Waals surface area (Å²) in [5, 5.41) is 1.21. The molecule has 23 heavy (non-hydrogen) atoms. The Kier molecular flexibility index (Phi) is 2.74. The first kappa shape index (κ1) is 13.4. The van der Waals surface area contributed by atoms with E-state index in [0.29, 0.717) is 5.92 Å². The fourth-order valence-electron chi connectivity index (χ4n) is 4.74. The number of para-hydroxylation sites is 1. The predicted octanol–water partition coefficient (Wildman–Crippen LogP) is 2.87. The number of piperidine rings is 1. The van der Waals surface area contributed by atoms with Crippen LogP contribution < -0.4 is 0 Å². The molecule has 1 unspecified atom stereocenters. The molecule has 1 aliphatic carbocycles. The fraction of sp³-hybridized carbons (Fsp3) is 0.421. The van der Waals surface area contributed by atoms with Crippen LogP contribution in [0, 0.1) is 11.8 Å². The molecule has 1 saturated heterocycles. The average molecular weight is 309 g/mol. The Labute approximate surface area is 134 Å². The highest BCUT2D eigenvalue weighted by Gasteiger charge is 2.48. The van der Waals surface area contributed by atoms with Gasteiger partial charge in [0.2, 0.25) is 0 Å². The number of benzene rings is 1. The number of carbonyl (C=O) groups excluding carboxylic acids is 1. The molecule has 0 saturated carbocycles. The fourth-order valence-corrected chi connectivity index (χ4v) is 4.74. The zero-order chi connectivity index (χ0) is 15.6. The van der Waals surface area contributed by atoms with Gasteiger partial charge in [-0.15, -0.1) is 0 Å². The van der Waals surface area contributed by atoms with Crippen molar-refractivity contribution in [3.05, 3.63) is 41.7 Å². The second kappa shape index (κ2) is 4.71. The van der Waals surface area contributed by atoms with E-state index in [0.717, 1.165) is 37.3 Å². The molecule has 6 rings (SSSR count). The van der Waals surface area contributed by atoms with E-state index >= 15 is 0 Å². The summed E-state index contributed by atoms with van der Waals surface area (Å²) < 4.78 is 11.3. The molecule has 4 heteroatoms. The van der Waals surface area contributed by atoms with Crippen molar-refractivity contribution < 1.29 is 13.9 Å². The second-order valence-electron chi connectivity index (χ2n) is 6.84. The number of ether oxygens (including phenoxy) is 1. The standard InChI is InChI=1S/C19H19NO3/c1-22-19(21)15-9-11-8-14-17(15)20(10-11)7-6-13-12-4-2-3-5-16(12)23-18(13)14/h2-5,8,11,15,17H,6-7,9-10H2,1H3/t11-,15+,17+/m0/s1. The van der Waals surface area contributed by atoms with Crippen LogP contribution in [0.3, 0.4) is 0 Å². The highest BCUT2D eigenvalue weighted by atomic mass is 16.5. The first-order chi connectivity index (χ1) is 11.3. The van der Waals surface area contributed by atoms with E-state index in [1.165, 1.54) is 23.6 Å². The maximum Gasteiger partial charge on any atom is 0.310 e. The molecule has 4 aliphatic rings. The third kappa shape index (κ3) is 1.78. The Bertz CT molecular complexity index is 834. The van der Waals surface area contributed by atoms with Crippen molar-refractivity contribution in [1.29, 1.82) is 0 Å². The minimum Gasteiger partial charge on any atom is -0.469 e. The smallest absolute Gasteiger partial charge is 0.310 e. The SMILES string of the molecule is COC(=O)[C@@H]1C[C@@H]2C=C3c4oc5ccccc5c4CCN(C2)[C@H]31. The van der Waals surface area contributed by atoms with Crippen molar-refractivity contribution in [3.8, 4) is 0 Å². The van der Waals surface area contributed by atoms with Gasteiger partial charge in [0.1, 0.15) is 11.3 Å². The van der Waals surface area contributed by atoms with Crippen LogP contribution in [-0.4, -0.2) is 37.1 Å². The van der Waals surface area contributed by atoms with Gasteiger partial charge in [-0.1, -0.05) is 24.3 Å². The molecule has 2 aromatic rings. The molecule has 0 spiro atoms. The summed E-state index contributed by atoms with van der Waals surface area (Å²) in [6.07, 6.45) is 4.21. The van der Waals surface area contributed by atoms with Gasteiger partial charge < -0.3 is 9.15 Å². The molecule has 1 aromatic heterocycles. The molecule has 0 amide bonds. The average Bonchev–Trinajstić information content (AvgIpc) is 2.92. The van der Waals surface area contributed by atoms with E-state index in [9.17, 15) is 4.79 Å². The van der Waals surface area contributed by atoms with Crippen molar-refractivity contribution >= 4 is 22.5 Å². The van der Waals surface area contributed by atoms with E-state index in [1.807, 2.05) is 12.1 Å². The van der Waals surface area contributed by atoms with E-state index < -0.39 is 0 Å². The molecule has 3 aliphatic heterocycles. The number of hydrogen-bond donors (Lipinski definition) is 0. The van der Waals surface area contributed by atoms with Gasteiger partial charge in [-0.05, 0) is 24.8 Å². The number of esters is 1. The van der Waals surface area contributed by atoms with Gasteiger partial charge in [-0.2, -0.15) is 0 Å². The Hall–Kier alpha value is -2.07. The maximum absolute atomic E-state index is 12.3. The van der Waals surface area contributed by atoms with Gasteiger partial charge in [0.05, 0.1) is 19.1 Å². The minimum absolute atomic E-state index is 0.0714. The summed E-state index contributed by atoms with van der Waals surface area (Å²) in [7, 11) is 1.49. The molecule has 0 N–H and O–H groups in total. The van der Waals surface area contributed by atoms with Gasteiger partial charge in [-0.25, -0.2) is 0 Å². The molecule has 0 radical (unpaired) electrons. The molecule has 4 heterocycles. The van der Waals surface area contributed by atoms with Gasteiger partial charge in [-0.3, -0.25) is 9.69 Å². The van der Waals surface area contributed by atoms with Crippen LogP contribution >= 0.6 is 0 Å². The van der Waals surface area contributed by atoms with Crippen molar-refractivity contribution in [2.45, 2.75) is 18.9 Å². The quantitative estimate of drug-likeness (QED) is 0.760. The summed E-state index contributed by atoms with van der Waals surface area (Å²) in [4.78, 5) is 14.7. The summed E-state index contributed by atoms with van der Waals surface area (Å²) in [5.41, 5.74) is 3.44. The van der Waals surface area contributed by atoms with Crippen molar-refractivity contribution in [2.75, 3.05) is 20.2 Å². The third-order valence-electron chi connectivity index (χ3n) is 5.65. The van der Waals surface area contributed by atoms with E-state index in [1.54, 1.807) is 0 Å². The lowest BCUT2D eigenvalue weighted by Crippen LogP contribution is -2.54. The summed E-state index contributed by atoms with van der Waals surface area (Å²) in [5.74, 6) is 1.25. The molecular weight excluding hydrogens is 290 g/mol. The van der Waals surface area contributed by atoms with E-state index in [2.05, 4.69) is 23.1 Å². The summed E-state index contributed by atoms with van der Waals surface area (Å²) in [6, 6.07) is 8.35. The lowest BCUT2D eigenvalue weighted by molar-refractivity contribution is -0.149. The molecule has 4 nitrogen and oxygen atoms in total. The monoisotopic (exact) mass is 309 g/mol. The lowest BCUT2D eigenvalue weighted by Gasteiger charge is -2.47.